The van der Waals surface area contributed by atoms with Gasteiger partial charge in [0.1, 0.15) is 11.5 Å². The Morgan fingerprint density at radius 1 is 1.26 bits per heavy atom. The molecule has 3 rings (SSSR count). The number of hydrogen-bond acceptors (Lipinski definition) is 3. The zero-order chi connectivity index (χ0) is 16.4. The number of phenolic OH excluding ortho intramolecular Hbond substituents is 1. The molecule has 1 amide bonds. The van der Waals surface area contributed by atoms with Gasteiger partial charge in [0.2, 0.25) is 0 Å². The zero-order valence-electron chi connectivity index (χ0n) is 13.0. The molecular formula is C19H19NO3. The van der Waals surface area contributed by atoms with Crippen LogP contribution < -0.4 is 9.64 Å². The fraction of sp³-hybridized carbons (Fsp3) is 0.211. The third-order valence-corrected chi connectivity index (χ3v) is 3.74. The number of aromatic hydroxyl groups is 1. The number of amides is 1. The van der Waals surface area contributed by atoms with Crippen LogP contribution in [0.15, 0.2) is 60.7 Å². The molecule has 0 aliphatic carbocycles. The predicted molar refractivity (Wildman–Crippen MR) is 89.8 cm³/mol. The third kappa shape index (κ3) is 3.21. The summed E-state index contributed by atoms with van der Waals surface area (Å²) in [6, 6.07) is 14.6. The Kier molecular flexibility index (Phi) is 4.06. The molecule has 1 atom stereocenters. The molecule has 4 nitrogen and oxygen atoms in total. The summed E-state index contributed by atoms with van der Waals surface area (Å²) < 4.78 is 5.86. The topological polar surface area (TPSA) is 49.8 Å². The molecule has 2 aromatic carbocycles. The minimum Gasteiger partial charge on any atom is -0.508 e. The van der Waals surface area contributed by atoms with Gasteiger partial charge < -0.3 is 14.7 Å². The predicted octanol–water partition coefficient (Wildman–Crippen LogP) is 3.31. The summed E-state index contributed by atoms with van der Waals surface area (Å²) >= 11 is 0. The highest BCUT2D eigenvalue weighted by Crippen LogP contribution is 2.37. The third-order valence-electron chi connectivity index (χ3n) is 3.74. The number of carbonyl (C=O) groups excluding carboxylic acids is 1. The van der Waals surface area contributed by atoms with Crippen LogP contribution in [0.2, 0.25) is 0 Å². The Morgan fingerprint density at radius 2 is 2.00 bits per heavy atom. The van der Waals surface area contributed by atoms with E-state index in [1.54, 1.807) is 23.1 Å². The van der Waals surface area contributed by atoms with E-state index in [1.165, 1.54) is 0 Å². The molecule has 1 N–H and O–H groups in total. The lowest BCUT2D eigenvalue weighted by Gasteiger charge is -2.34. The Labute approximate surface area is 135 Å². The van der Waals surface area contributed by atoms with Gasteiger partial charge >= 0.3 is 0 Å². The molecule has 0 aromatic heterocycles. The summed E-state index contributed by atoms with van der Waals surface area (Å²) in [6.07, 6.45) is -0.118. The Bertz CT molecular complexity index is 740. The standard InChI is InChI=1S/C19H19NO3/c1-13(2)12-20-16-9-8-15(21)11-17(16)23-18(19(20)22)10-14-6-4-3-5-7-14/h3-9,11,18,21H,1,10,12H2,2H3. The maximum atomic E-state index is 12.8. The van der Waals surface area contributed by atoms with Gasteiger partial charge in [-0.1, -0.05) is 42.5 Å². The molecule has 0 fully saturated rings. The van der Waals surface area contributed by atoms with Gasteiger partial charge in [0.15, 0.2) is 6.10 Å². The monoisotopic (exact) mass is 309 g/mol. The van der Waals surface area contributed by atoms with Gasteiger partial charge in [-0.05, 0) is 24.6 Å². The summed E-state index contributed by atoms with van der Waals surface area (Å²) in [6.45, 7) is 6.22. The normalized spacial score (nSPS) is 16.7. The second-order valence-corrected chi connectivity index (χ2v) is 5.83. The van der Waals surface area contributed by atoms with E-state index >= 15 is 0 Å². The summed E-state index contributed by atoms with van der Waals surface area (Å²) in [5, 5.41) is 9.70. The molecule has 0 saturated carbocycles. The molecule has 0 saturated heterocycles. The first-order valence-electron chi connectivity index (χ1n) is 7.54. The Balaban J connectivity index is 1.94. The van der Waals surface area contributed by atoms with Crippen LogP contribution in [0.25, 0.3) is 0 Å². The SMILES string of the molecule is C=C(C)CN1C(=O)C(Cc2ccccc2)Oc2cc(O)ccc21. The van der Waals surface area contributed by atoms with Gasteiger partial charge in [-0.15, -0.1) is 0 Å². The smallest absolute Gasteiger partial charge is 0.268 e. The lowest BCUT2D eigenvalue weighted by molar-refractivity contribution is -0.126. The van der Waals surface area contributed by atoms with Crippen LogP contribution in [-0.4, -0.2) is 23.7 Å². The van der Waals surface area contributed by atoms with Crippen molar-refractivity contribution in [2.24, 2.45) is 0 Å². The largest absolute Gasteiger partial charge is 0.508 e. The number of phenols is 1. The average Bonchev–Trinajstić information content (AvgIpc) is 2.52. The molecule has 1 aliphatic rings. The Hall–Kier alpha value is -2.75. The van der Waals surface area contributed by atoms with E-state index in [0.717, 1.165) is 11.1 Å². The number of rotatable bonds is 4. The summed E-state index contributed by atoms with van der Waals surface area (Å²) in [5.41, 5.74) is 2.59. The highest BCUT2D eigenvalue weighted by Gasteiger charge is 2.34. The van der Waals surface area contributed by atoms with Crippen LogP contribution in [0, 0.1) is 0 Å². The number of benzene rings is 2. The molecule has 23 heavy (non-hydrogen) atoms. The zero-order valence-corrected chi connectivity index (χ0v) is 13.0. The van der Waals surface area contributed by atoms with Crippen LogP contribution in [0.1, 0.15) is 12.5 Å². The van der Waals surface area contributed by atoms with Crippen molar-refractivity contribution in [3.63, 3.8) is 0 Å². The van der Waals surface area contributed by atoms with E-state index in [1.807, 2.05) is 37.3 Å². The summed E-state index contributed by atoms with van der Waals surface area (Å²) in [5.74, 6) is 0.550. The summed E-state index contributed by atoms with van der Waals surface area (Å²) in [4.78, 5) is 14.5. The van der Waals surface area contributed by atoms with Gasteiger partial charge in [-0.2, -0.15) is 0 Å². The number of ether oxygens (including phenoxy) is 1. The van der Waals surface area contributed by atoms with Crippen LogP contribution in [0.4, 0.5) is 5.69 Å². The highest BCUT2D eigenvalue weighted by atomic mass is 16.5. The first-order chi connectivity index (χ1) is 11.0. The molecule has 1 aliphatic heterocycles. The van der Waals surface area contributed by atoms with Gasteiger partial charge in [0, 0.05) is 19.0 Å². The molecule has 4 heteroatoms. The molecule has 2 aromatic rings. The maximum Gasteiger partial charge on any atom is 0.268 e. The number of anilines is 1. The molecular weight excluding hydrogens is 290 g/mol. The molecule has 0 radical (unpaired) electrons. The lowest BCUT2D eigenvalue weighted by Crippen LogP contribution is -2.47. The van der Waals surface area contributed by atoms with Gasteiger partial charge in [0.25, 0.3) is 5.91 Å². The van der Waals surface area contributed by atoms with Crippen molar-refractivity contribution in [1.29, 1.82) is 0 Å². The highest BCUT2D eigenvalue weighted by molar-refractivity contribution is 6.00. The molecule has 0 bridgehead atoms. The van der Waals surface area contributed by atoms with Crippen LogP contribution >= 0.6 is 0 Å². The van der Waals surface area contributed by atoms with Crippen LogP contribution in [0.3, 0.4) is 0 Å². The number of carbonyl (C=O) groups is 1. The molecule has 1 heterocycles. The minimum atomic E-state index is -0.606. The van der Waals surface area contributed by atoms with E-state index in [0.29, 0.717) is 24.4 Å². The second-order valence-electron chi connectivity index (χ2n) is 5.83. The number of hydrogen-bond donors (Lipinski definition) is 1. The van der Waals surface area contributed by atoms with Crippen LogP contribution in [0.5, 0.6) is 11.5 Å². The van der Waals surface area contributed by atoms with Gasteiger partial charge in [-0.3, -0.25) is 4.79 Å². The second kappa shape index (κ2) is 6.16. The fourth-order valence-corrected chi connectivity index (χ4v) is 2.71. The van der Waals surface area contributed by atoms with E-state index in [9.17, 15) is 9.90 Å². The number of nitrogens with zero attached hydrogens (tertiary/aromatic N) is 1. The van der Waals surface area contributed by atoms with Crippen LogP contribution in [-0.2, 0) is 11.2 Å². The van der Waals surface area contributed by atoms with Gasteiger partial charge in [-0.25, -0.2) is 0 Å². The molecule has 1 unspecified atom stereocenters. The van der Waals surface area contributed by atoms with Crippen molar-refractivity contribution in [1.82, 2.24) is 0 Å². The van der Waals surface area contributed by atoms with Crippen molar-refractivity contribution in [3.8, 4) is 11.5 Å². The number of fused-ring (bicyclic) bond motifs is 1. The lowest BCUT2D eigenvalue weighted by atomic mass is 10.0. The molecule has 118 valence electrons. The minimum absolute atomic E-state index is 0.0879. The quantitative estimate of drug-likeness (QED) is 0.882. The first kappa shape index (κ1) is 15.2. The van der Waals surface area contributed by atoms with E-state index < -0.39 is 6.10 Å². The summed E-state index contributed by atoms with van der Waals surface area (Å²) in [7, 11) is 0. The van der Waals surface area contributed by atoms with E-state index in [4.69, 9.17) is 4.74 Å². The average molecular weight is 309 g/mol. The molecule has 0 spiro atoms. The van der Waals surface area contributed by atoms with Crippen molar-refractivity contribution in [2.75, 3.05) is 11.4 Å². The van der Waals surface area contributed by atoms with E-state index in [-0.39, 0.29) is 11.7 Å². The van der Waals surface area contributed by atoms with Crippen molar-refractivity contribution in [2.45, 2.75) is 19.4 Å². The van der Waals surface area contributed by atoms with Crippen molar-refractivity contribution in [3.05, 3.63) is 66.2 Å². The maximum absolute atomic E-state index is 12.8. The van der Waals surface area contributed by atoms with Crippen molar-refractivity contribution < 1.29 is 14.6 Å². The van der Waals surface area contributed by atoms with Crippen molar-refractivity contribution >= 4 is 11.6 Å². The fourth-order valence-electron chi connectivity index (χ4n) is 2.71. The Morgan fingerprint density at radius 3 is 2.70 bits per heavy atom. The van der Waals surface area contributed by atoms with Gasteiger partial charge in [0.05, 0.1) is 5.69 Å². The first-order valence-corrected chi connectivity index (χ1v) is 7.54. The van der Waals surface area contributed by atoms with E-state index in [2.05, 4.69) is 6.58 Å².